The van der Waals surface area contributed by atoms with Crippen LogP contribution in [-0.2, 0) is 9.59 Å². The van der Waals surface area contributed by atoms with E-state index in [1.54, 1.807) is 0 Å². The van der Waals surface area contributed by atoms with Crippen molar-refractivity contribution >= 4 is 11.9 Å². The largest absolute Gasteiger partial charge is 0.480 e. The van der Waals surface area contributed by atoms with E-state index in [9.17, 15) is 9.59 Å². The second-order valence-electron chi connectivity index (χ2n) is 3.66. The standard InChI is InChI=1S/C11H15NO3/c1-2-6-9(11(14)15)12-8-5-3-4-7-10(12)13/h1,9H,3-8H2,(H,14,15). The highest BCUT2D eigenvalue weighted by molar-refractivity contribution is 5.84. The molecule has 0 bridgehead atoms. The number of aliphatic carboxylic acids is 1. The van der Waals surface area contributed by atoms with Gasteiger partial charge in [0.2, 0.25) is 5.91 Å². The average molecular weight is 209 g/mol. The van der Waals surface area contributed by atoms with Gasteiger partial charge in [0.05, 0.1) is 0 Å². The fraction of sp³-hybridized carbons (Fsp3) is 0.636. The van der Waals surface area contributed by atoms with Crippen LogP contribution in [-0.4, -0.2) is 34.5 Å². The van der Waals surface area contributed by atoms with Crippen molar-refractivity contribution in [2.24, 2.45) is 0 Å². The van der Waals surface area contributed by atoms with Crippen molar-refractivity contribution in [1.29, 1.82) is 0 Å². The summed E-state index contributed by atoms with van der Waals surface area (Å²) in [6.07, 6.45) is 8.31. The Morgan fingerprint density at radius 2 is 2.27 bits per heavy atom. The van der Waals surface area contributed by atoms with Gasteiger partial charge >= 0.3 is 5.97 Å². The zero-order valence-electron chi connectivity index (χ0n) is 8.61. The van der Waals surface area contributed by atoms with Crippen molar-refractivity contribution in [2.75, 3.05) is 6.54 Å². The van der Waals surface area contributed by atoms with Crippen molar-refractivity contribution < 1.29 is 14.7 Å². The number of rotatable bonds is 3. The third-order valence-electron chi connectivity index (χ3n) is 2.58. The van der Waals surface area contributed by atoms with Crippen LogP contribution in [0.4, 0.5) is 0 Å². The third-order valence-corrected chi connectivity index (χ3v) is 2.58. The number of carboxylic acid groups (broad SMARTS) is 1. The molecular weight excluding hydrogens is 194 g/mol. The van der Waals surface area contributed by atoms with Crippen LogP contribution in [0.3, 0.4) is 0 Å². The van der Waals surface area contributed by atoms with Gasteiger partial charge in [0.1, 0.15) is 6.04 Å². The summed E-state index contributed by atoms with van der Waals surface area (Å²) in [6, 6.07) is -0.847. The SMILES string of the molecule is C#CCC(C(=O)O)N1CCCCCC1=O. The first-order valence-electron chi connectivity index (χ1n) is 5.12. The van der Waals surface area contributed by atoms with Gasteiger partial charge in [-0.05, 0) is 12.8 Å². The summed E-state index contributed by atoms with van der Waals surface area (Å²) in [4.78, 5) is 24.0. The van der Waals surface area contributed by atoms with E-state index in [4.69, 9.17) is 11.5 Å². The number of carboxylic acids is 1. The summed E-state index contributed by atoms with van der Waals surface area (Å²) < 4.78 is 0. The lowest BCUT2D eigenvalue weighted by Crippen LogP contribution is -2.44. The minimum atomic E-state index is -1.01. The Kier molecular flexibility index (Phi) is 4.17. The number of likely N-dealkylation sites (tertiary alicyclic amines) is 1. The number of carbonyl (C=O) groups is 2. The maximum atomic E-state index is 11.6. The number of terminal acetylenes is 1. The van der Waals surface area contributed by atoms with Crippen molar-refractivity contribution in [1.82, 2.24) is 4.90 Å². The number of hydrogen-bond acceptors (Lipinski definition) is 2. The Morgan fingerprint density at radius 1 is 1.53 bits per heavy atom. The normalized spacial score (nSPS) is 19.1. The molecule has 1 amide bonds. The molecule has 0 aromatic carbocycles. The quantitative estimate of drug-likeness (QED) is 0.701. The van der Waals surface area contributed by atoms with Gasteiger partial charge < -0.3 is 10.0 Å². The van der Waals surface area contributed by atoms with Crippen molar-refractivity contribution in [3.63, 3.8) is 0 Å². The fourth-order valence-electron chi connectivity index (χ4n) is 1.78. The summed E-state index contributed by atoms with van der Waals surface area (Å²) in [5.74, 6) is 1.21. The van der Waals surface area contributed by atoms with Crippen LogP contribution < -0.4 is 0 Å². The Labute approximate surface area is 89.3 Å². The van der Waals surface area contributed by atoms with Gasteiger partial charge in [0.15, 0.2) is 0 Å². The van der Waals surface area contributed by atoms with Gasteiger partial charge in [0.25, 0.3) is 0 Å². The zero-order valence-corrected chi connectivity index (χ0v) is 8.61. The van der Waals surface area contributed by atoms with E-state index < -0.39 is 12.0 Å². The third kappa shape index (κ3) is 2.98. The molecule has 4 heteroatoms. The molecule has 1 aliphatic heterocycles. The van der Waals surface area contributed by atoms with E-state index >= 15 is 0 Å². The predicted molar refractivity (Wildman–Crippen MR) is 55.1 cm³/mol. The van der Waals surface area contributed by atoms with Gasteiger partial charge in [-0.1, -0.05) is 6.42 Å². The highest BCUT2D eigenvalue weighted by Gasteiger charge is 2.29. The zero-order chi connectivity index (χ0) is 11.3. The molecule has 15 heavy (non-hydrogen) atoms. The minimum Gasteiger partial charge on any atom is -0.480 e. The van der Waals surface area contributed by atoms with Crippen molar-refractivity contribution in [3.8, 4) is 12.3 Å². The first-order chi connectivity index (χ1) is 7.16. The topological polar surface area (TPSA) is 57.6 Å². The van der Waals surface area contributed by atoms with Gasteiger partial charge in [-0.15, -0.1) is 12.3 Å². The molecule has 4 nitrogen and oxygen atoms in total. The molecule has 0 spiro atoms. The second kappa shape index (κ2) is 5.40. The molecule has 1 rings (SSSR count). The molecule has 1 unspecified atom stereocenters. The average Bonchev–Trinajstić information content (AvgIpc) is 2.39. The Hall–Kier alpha value is -1.50. The second-order valence-corrected chi connectivity index (χ2v) is 3.66. The summed E-state index contributed by atoms with van der Waals surface area (Å²) >= 11 is 0. The molecule has 1 saturated heterocycles. The van der Waals surface area contributed by atoms with Gasteiger partial charge in [-0.2, -0.15) is 0 Å². The number of hydrogen-bond donors (Lipinski definition) is 1. The Morgan fingerprint density at radius 3 is 2.87 bits per heavy atom. The Bertz CT molecular complexity index is 293. The lowest BCUT2D eigenvalue weighted by molar-refractivity contribution is -0.149. The van der Waals surface area contributed by atoms with Gasteiger partial charge in [-0.25, -0.2) is 4.79 Å². The molecule has 0 aromatic heterocycles. The minimum absolute atomic E-state index is 0.0844. The molecule has 1 aliphatic rings. The molecule has 0 aliphatic carbocycles. The molecule has 82 valence electrons. The number of carbonyl (C=O) groups excluding carboxylic acids is 1. The van der Waals surface area contributed by atoms with E-state index in [0.717, 1.165) is 19.3 Å². The van der Waals surface area contributed by atoms with E-state index in [1.165, 1.54) is 4.90 Å². The van der Waals surface area contributed by atoms with Crippen molar-refractivity contribution in [2.45, 2.75) is 38.1 Å². The van der Waals surface area contributed by atoms with Crippen LogP contribution in [0.15, 0.2) is 0 Å². The van der Waals surface area contributed by atoms with Crippen molar-refractivity contribution in [3.05, 3.63) is 0 Å². The molecule has 0 aromatic rings. The first kappa shape index (κ1) is 11.6. The number of amides is 1. The molecule has 0 saturated carbocycles. The van der Waals surface area contributed by atoms with Crippen LogP contribution in [0, 0.1) is 12.3 Å². The predicted octanol–water partition coefficient (Wildman–Crippen LogP) is 0.865. The van der Waals surface area contributed by atoms with Crippen LogP contribution in [0.2, 0.25) is 0 Å². The highest BCUT2D eigenvalue weighted by atomic mass is 16.4. The number of nitrogens with zero attached hydrogens (tertiary/aromatic N) is 1. The van der Waals surface area contributed by atoms with Gasteiger partial charge in [-0.3, -0.25) is 4.79 Å². The van der Waals surface area contributed by atoms with E-state index in [1.807, 2.05) is 0 Å². The molecular formula is C11H15NO3. The molecule has 1 atom stereocenters. The fourth-order valence-corrected chi connectivity index (χ4v) is 1.78. The van der Waals surface area contributed by atoms with E-state index in [2.05, 4.69) is 5.92 Å². The van der Waals surface area contributed by atoms with E-state index in [-0.39, 0.29) is 12.3 Å². The molecule has 0 radical (unpaired) electrons. The molecule has 1 heterocycles. The van der Waals surface area contributed by atoms with Gasteiger partial charge in [0, 0.05) is 19.4 Å². The molecule has 1 fully saturated rings. The summed E-state index contributed by atoms with van der Waals surface area (Å²) in [5, 5.41) is 8.98. The van der Waals surface area contributed by atoms with Crippen LogP contribution in [0.25, 0.3) is 0 Å². The maximum Gasteiger partial charge on any atom is 0.327 e. The summed E-state index contributed by atoms with van der Waals surface area (Å²) in [7, 11) is 0. The summed E-state index contributed by atoms with van der Waals surface area (Å²) in [5.41, 5.74) is 0. The monoisotopic (exact) mass is 209 g/mol. The summed E-state index contributed by atoms with van der Waals surface area (Å²) in [6.45, 7) is 0.511. The first-order valence-corrected chi connectivity index (χ1v) is 5.12. The maximum absolute atomic E-state index is 11.6. The van der Waals surface area contributed by atoms with Crippen LogP contribution in [0.5, 0.6) is 0 Å². The Balaban J connectivity index is 2.75. The molecule has 1 N–H and O–H groups in total. The lowest BCUT2D eigenvalue weighted by atomic mass is 10.1. The van der Waals surface area contributed by atoms with Crippen LogP contribution >= 0.6 is 0 Å². The smallest absolute Gasteiger partial charge is 0.327 e. The lowest BCUT2D eigenvalue weighted by Gasteiger charge is -2.26. The highest BCUT2D eigenvalue weighted by Crippen LogP contribution is 2.15. The van der Waals surface area contributed by atoms with Crippen LogP contribution in [0.1, 0.15) is 32.1 Å². The van der Waals surface area contributed by atoms with E-state index in [0.29, 0.717) is 13.0 Å².